The molecular weight excluding hydrogens is 249 g/mol. The number of ether oxygens (including phenoxy) is 1. The molecule has 0 bridgehead atoms. The van der Waals surface area contributed by atoms with E-state index in [1.807, 2.05) is 0 Å². The summed E-state index contributed by atoms with van der Waals surface area (Å²) in [7, 11) is 0. The highest BCUT2D eigenvalue weighted by Crippen LogP contribution is 2.37. The van der Waals surface area contributed by atoms with Gasteiger partial charge < -0.3 is 15.4 Å². The molecule has 1 aliphatic heterocycles. The first-order valence-electron chi connectivity index (χ1n) is 5.79. The minimum Gasteiger partial charge on any atom is -0.444 e. The fourth-order valence-electron chi connectivity index (χ4n) is 1.96. The molecule has 0 unspecified atom stereocenters. The third kappa shape index (κ3) is 3.76. The molecule has 2 atom stereocenters. The monoisotopic (exact) mass is 268 g/mol. The van der Waals surface area contributed by atoms with E-state index < -0.39 is 29.7 Å². The summed E-state index contributed by atoms with van der Waals surface area (Å²) in [6.45, 7) is 4.53. The van der Waals surface area contributed by atoms with Crippen LogP contribution in [0.15, 0.2) is 0 Å². The van der Waals surface area contributed by atoms with Crippen LogP contribution in [0.4, 0.5) is 18.0 Å². The number of hydrogen-bond acceptors (Lipinski definition) is 3. The van der Waals surface area contributed by atoms with Crippen molar-refractivity contribution in [2.24, 2.45) is 17.6 Å². The number of halogens is 3. The zero-order chi connectivity index (χ0) is 14.1. The lowest BCUT2D eigenvalue weighted by Gasteiger charge is -2.24. The van der Waals surface area contributed by atoms with Gasteiger partial charge in [-0.05, 0) is 27.3 Å². The van der Waals surface area contributed by atoms with Crippen molar-refractivity contribution >= 4 is 6.09 Å². The lowest BCUT2D eigenvalue weighted by molar-refractivity contribution is -0.179. The van der Waals surface area contributed by atoms with E-state index in [2.05, 4.69) is 0 Å². The number of hydrogen-bond donors (Lipinski definition) is 1. The third-order valence-corrected chi connectivity index (χ3v) is 2.82. The molecule has 1 amide bonds. The van der Waals surface area contributed by atoms with E-state index in [4.69, 9.17) is 10.5 Å². The molecule has 0 radical (unpaired) electrons. The molecule has 0 aromatic carbocycles. The van der Waals surface area contributed by atoms with Crippen LogP contribution in [0.5, 0.6) is 0 Å². The van der Waals surface area contributed by atoms with E-state index in [0.29, 0.717) is 0 Å². The summed E-state index contributed by atoms with van der Waals surface area (Å²) in [6, 6.07) is 0. The predicted molar refractivity (Wildman–Crippen MR) is 59.9 cm³/mol. The van der Waals surface area contributed by atoms with E-state index in [1.54, 1.807) is 20.8 Å². The molecule has 0 aromatic heterocycles. The molecule has 106 valence electrons. The first-order valence-corrected chi connectivity index (χ1v) is 5.79. The van der Waals surface area contributed by atoms with Gasteiger partial charge in [0.25, 0.3) is 0 Å². The minimum absolute atomic E-state index is 0.00438. The quantitative estimate of drug-likeness (QED) is 0.791. The highest BCUT2D eigenvalue weighted by atomic mass is 19.4. The molecule has 18 heavy (non-hydrogen) atoms. The van der Waals surface area contributed by atoms with Gasteiger partial charge in [0, 0.05) is 19.0 Å². The van der Waals surface area contributed by atoms with Crippen molar-refractivity contribution in [3.8, 4) is 0 Å². The van der Waals surface area contributed by atoms with Crippen molar-refractivity contribution in [1.29, 1.82) is 0 Å². The molecule has 0 spiro atoms. The van der Waals surface area contributed by atoms with Crippen LogP contribution in [0.1, 0.15) is 20.8 Å². The maximum atomic E-state index is 12.7. The summed E-state index contributed by atoms with van der Waals surface area (Å²) < 4.78 is 43.3. The van der Waals surface area contributed by atoms with Crippen LogP contribution in [0.25, 0.3) is 0 Å². The number of likely N-dealkylation sites (tertiary alicyclic amines) is 1. The number of nitrogens with zero attached hydrogens (tertiary/aromatic N) is 1. The summed E-state index contributed by atoms with van der Waals surface area (Å²) in [4.78, 5) is 12.8. The van der Waals surface area contributed by atoms with Gasteiger partial charge in [-0.25, -0.2) is 4.79 Å². The van der Waals surface area contributed by atoms with Crippen LogP contribution in [0, 0.1) is 11.8 Å². The largest absolute Gasteiger partial charge is 0.444 e. The standard InChI is InChI=1S/C11H19F3N2O2/c1-10(2,3)18-9(17)16-5-7(4-15)8(6-16)11(12,13)14/h7-8H,4-6,15H2,1-3H3/t7-,8+/m1/s1. The molecule has 0 aliphatic carbocycles. The molecule has 4 nitrogen and oxygen atoms in total. The number of carbonyl (C=O) groups excluding carboxylic acids is 1. The van der Waals surface area contributed by atoms with Crippen molar-refractivity contribution in [1.82, 2.24) is 4.90 Å². The Morgan fingerprint density at radius 2 is 1.89 bits per heavy atom. The number of nitrogens with two attached hydrogens (primary N) is 1. The van der Waals surface area contributed by atoms with Crippen LogP contribution >= 0.6 is 0 Å². The average Bonchev–Trinajstić information content (AvgIpc) is 2.57. The van der Waals surface area contributed by atoms with Crippen LogP contribution in [0.3, 0.4) is 0 Å². The smallest absolute Gasteiger partial charge is 0.410 e. The van der Waals surface area contributed by atoms with Crippen LogP contribution in [0.2, 0.25) is 0 Å². The van der Waals surface area contributed by atoms with Gasteiger partial charge in [0.15, 0.2) is 0 Å². The minimum atomic E-state index is -4.33. The van der Waals surface area contributed by atoms with Gasteiger partial charge in [0.05, 0.1) is 5.92 Å². The zero-order valence-electron chi connectivity index (χ0n) is 10.8. The molecule has 2 N–H and O–H groups in total. The molecule has 1 heterocycles. The topological polar surface area (TPSA) is 55.6 Å². The van der Waals surface area contributed by atoms with Gasteiger partial charge >= 0.3 is 12.3 Å². The van der Waals surface area contributed by atoms with E-state index in [9.17, 15) is 18.0 Å². The Kier molecular flexibility index (Phi) is 4.15. The number of amides is 1. The Bertz CT molecular complexity index is 312. The lowest BCUT2D eigenvalue weighted by Crippen LogP contribution is -2.36. The Morgan fingerprint density at radius 1 is 1.33 bits per heavy atom. The Morgan fingerprint density at radius 3 is 2.22 bits per heavy atom. The van der Waals surface area contributed by atoms with Crippen molar-refractivity contribution in [2.75, 3.05) is 19.6 Å². The van der Waals surface area contributed by atoms with Gasteiger partial charge in [0.1, 0.15) is 5.60 Å². The van der Waals surface area contributed by atoms with Crippen molar-refractivity contribution < 1.29 is 22.7 Å². The van der Waals surface area contributed by atoms with Crippen molar-refractivity contribution in [2.45, 2.75) is 32.5 Å². The fourth-order valence-corrected chi connectivity index (χ4v) is 1.96. The second kappa shape index (κ2) is 4.95. The molecule has 1 rings (SSSR count). The summed E-state index contributed by atoms with van der Waals surface area (Å²) in [5.41, 5.74) is 4.62. The van der Waals surface area contributed by atoms with Crippen LogP contribution in [-0.2, 0) is 4.74 Å². The number of carbonyl (C=O) groups is 1. The van der Waals surface area contributed by atoms with E-state index in [1.165, 1.54) is 0 Å². The zero-order valence-corrected chi connectivity index (χ0v) is 10.8. The van der Waals surface area contributed by atoms with Crippen LogP contribution in [-0.4, -0.2) is 42.4 Å². The van der Waals surface area contributed by atoms with Crippen molar-refractivity contribution in [3.05, 3.63) is 0 Å². The third-order valence-electron chi connectivity index (χ3n) is 2.82. The highest BCUT2D eigenvalue weighted by molar-refractivity contribution is 5.68. The molecule has 1 saturated heterocycles. The lowest BCUT2D eigenvalue weighted by atomic mass is 9.96. The Balaban J connectivity index is 2.70. The first-order chi connectivity index (χ1) is 8.04. The Hall–Kier alpha value is -0.980. The first kappa shape index (κ1) is 15.1. The molecule has 1 aliphatic rings. The normalized spacial score (nSPS) is 25.4. The van der Waals surface area contributed by atoms with Crippen molar-refractivity contribution in [3.63, 3.8) is 0 Å². The van der Waals surface area contributed by atoms with Gasteiger partial charge in [-0.2, -0.15) is 13.2 Å². The highest BCUT2D eigenvalue weighted by Gasteiger charge is 2.50. The molecule has 7 heteroatoms. The average molecular weight is 268 g/mol. The second-order valence-electron chi connectivity index (χ2n) is 5.53. The summed E-state index contributed by atoms with van der Waals surface area (Å²) in [5.74, 6) is -2.31. The maximum Gasteiger partial charge on any atom is 0.410 e. The maximum absolute atomic E-state index is 12.7. The number of rotatable bonds is 1. The second-order valence-corrected chi connectivity index (χ2v) is 5.53. The van der Waals surface area contributed by atoms with E-state index >= 15 is 0 Å². The fraction of sp³-hybridized carbons (Fsp3) is 0.909. The SMILES string of the molecule is CC(C)(C)OC(=O)N1C[C@@H](CN)[C@@H](C(F)(F)F)C1. The molecule has 0 saturated carbocycles. The molecule has 0 aromatic rings. The molecule has 1 fully saturated rings. The van der Waals surface area contributed by atoms with Crippen LogP contribution < -0.4 is 5.73 Å². The number of alkyl halides is 3. The molecular formula is C11H19F3N2O2. The van der Waals surface area contributed by atoms with Gasteiger partial charge in [-0.15, -0.1) is 0 Å². The summed E-state index contributed by atoms with van der Waals surface area (Å²) >= 11 is 0. The van der Waals surface area contributed by atoms with Gasteiger partial charge in [-0.1, -0.05) is 0 Å². The predicted octanol–water partition coefficient (Wildman–Crippen LogP) is 1.99. The van der Waals surface area contributed by atoms with E-state index in [-0.39, 0.29) is 19.6 Å². The van der Waals surface area contributed by atoms with E-state index in [0.717, 1.165) is 4.90 Å². The summed E-state index contributed by atoms with van der Waals surface area (Å²) in [6.07, 6.45) is -5.05. The van der Waals surface area contributed by atoms with Gasteiger partial charge in [0.2, 0.25) is 0 Å². The van der Waals surface area contributed by atoms with Gasteiger partial charge in [-0.3, -0.25) is 0 Å². The Labute approximate surface area is 104 Å². The summed E-state index contributed by atoms with van der Waals surface area (Å²) in [5, 5.41) is 0.